The molecule has 1 amide bonds. The van der Waals surface area contributed by atoms with Crippen molar-refractivity contribution >= 4 is 48.9 Å². The number of sulfonamides is 1. The second kappa shape index (κ2) is 6.61. The van der Waals surface area contributed by atoms with Crippen LogP contribution in [0.15, 0.2) is 53.2 Å². The average molecular weight is 415 g/mol. The maximum atomic E-state index is 13.2. The predicted molar refractivity (Wildman–Crippen MR) is 109 cm³/mol. The minimum atomic E-state index is -4.03. The number of thiazole rings is 1. The molecule has 4 rings (SSSR count). The minimum Gasteiger partial charge on any atom is -0.505 e. The third kappa shape index (κ3) is 2.74. The molecular formula is C19H17N3O4S2. The van der Waals surface area contributed by atoms with Crippen molar-refractivity contribution in [3.05, 3.63) is 58.7 Å². The first-order valence-corrected chi connectivity index (χ1v) is 10.8. The molecule has 0 radical (unpaired) electrons. The van der Waals surface area contributed by atoms with E-state index in [0.29, 0.717) is 10.5 Å². The van der Waals surface area contributed by atoms with E-state index in [-0.39, 0.29) is 21.9 Å². The highest BCUT2D eigenvalue weighted by molar-refractivity contribution is 7.89. The summed E-state index contributed by atoms with van der Waals surface area (Å²) in [6.45, 7) is 1.97. The van der Waals surface area contributed by atoms with Gasteiger partial charge in [0.2, 0.25) is 0 Å². The van der Waals surface area contributed by atoms with Crippen molar-refractivity contribution < 1.29 is 18.3 Å². The Labute approximate surface area is 166 Å². The van der Waals surface area contributed by atoms with Crippen molar-refractivity contribution in [3.8, 4) is 0 Å². The number of benzene rings is 2. The molecule has 1 aliphatic rings. The molecule has 3 aromatic rings. The summed E-state index contributed by atoms with van der Waals surface area (Å²) in [5.41, 5.74) is -0.230. The number of rotatable bonds is 3. The molecular weight excluding hydrogens is 398 g/mol. The number of fused-ring (bicyclic) bond motifs is 3. The van der Waals surface area contributed by atoms with Gasteiger partial charge in [-0.1, -0.05) is 37.3 Å². The molecule has 9 heteroatoms. The molecule has 0 bridgehead atoms. The van der Waals surface area contributed by atoms with E-state index in [1.807, 2.05) is 6.92 Å². The maximum absolute atomic E-state index is 13.2. The van der Waals surface area contributed by atoms with E-state index < -0.39 is 15.9 Å². The molecule has 28 heavy (non-hydrogen) atoms. The van der Waals surface area contributed by atoms with Gasteiger partial charge in [-0.05, 0) is 17.9 Å². The van der Waals surface area contributed by atoms with Crippen LogP contribution in [0.2, 0.25) is 0 Å². The van der Waals surface area contributed by atoms with Gasteiger partial charge in [0.15, 0.2) is 16.6 Å². The van der Waals surface area contributed by atoms with Crippen LogP contribution in [-0.2, 0) is 21.2 Å². The molecule has 0 unspecified atom stereocenters. The van der Waals surface area contributed by atoms with Crippen LogP contribution in [0.25, 0.3) is 16.5 Å². The summed E-state index contributed by atoms with van der Waals surface area (Å²) in [4.78, 5) is 17.9. The molecule has 1 aromatic heterocycles. The maximum Gasteiger partial charge on any atom is 0.278 e. The van der Waals surface area contributed by atoms with Crippen LogP contribution in [-0.4, -0.2) is 35.8 Å². The van der Waals surface area contributed by atoms with Crippen LogP contribution in [0.4, 0.5) is 5.13 Å². The smallest absolute Gasteiger partial charge is 0.278 e. The van der Waals surface area contributed by atoms with Gasteiger partial charge in [0.05, 0.1) is 0 Å². The van der Waals surface area contributed by atoms with Gasteiger partial charge in [-0.15, -0.1) is 11.3 Å². The van der Waals surface area contributed by atoms with E-state index in [1.165, 1.54) is 24.5 Å². The Morgan fingerprint density at radius 3 is 2.71 bits per heavy atom. The monoisotopic (exact) mass is 415 g/mol. The number of carbonyl (C=O) groups excluding carboxylic acids is 1. The van der Waals surface area contributed by atoms with Crippen molar-refractivity contribution in [2.45, 2.75) is 18.2 Å². The Balaban J connectivity index is 1.86. The zero-order valence-electron chi connectivity index (χ0n) is 15.1. The first kappa shape index (κ1) is 18.5. The fraction of sp³-hybridized carbons (Fsp3) is 0.158. The summed E-state index contributed by atoms with van der Waals surface area (Å²) in [5.74, 6) is -1.12. The van der Waals surface area contributed by atoms with Gasteiger partial charge in [-0.3, -0.25) is 14.4 Å². The third-order valence-corrected chi connectivity index (χ3v) is 7.55. The molecule has 0 spiro atoms. The van der Waals surface area contributed by atoms with Gasteiger partial charge in [-0.25, -0.2) is 13.4 Å². The third-order valence-electron chi connectivity index (χ3n) is 4.63. The highest BCUT2D eigenvalue weighted by atomic mass is 32.2. The molecule has 2 N–H and O–H groups in total. The molecule has 2 heterocycles. The summed E-state index contributed by atoms with van der Waals surface area (Å²) < 4.78 is 27.2. The SMILES string of the molecule is CCc1cnc(NC(=O)C2=C(O)c3ccc4ccccc4c3S(=O)(=O)N2C)s1. The molecule has 0 fully saturated rings. The number of carbonyl (C=O) groups is 1. The normalized spacial score (nSPS) is 15.6. The van der Waals surface area contributed by atoms with Crippen LogP contribution >= 0.6 is 11.3 Å². The van der Waals surface area contributed by atoms with E-state index in [2.05, 4.69) is 10.3 Å². The number of aliphatic hydroxyl groups is 1. The predicted octanol–water partition coefficient (Wildman–Crippen LogP) is 3.36. The number of likely N-dealkylation sites (N-methyl/N-ethyl adjacent to an activating group) is 1. The summed E-state index contributed by atoms with van der Waals surface area (Å²) in [6.07, 6.45) is 2.42. The van der Waals surface area contributed by atoms with Crippen molar-refractivity contribution in [2.24, 2.45) is 0 Å². The van der Waals surface area contributed by atoms with Crippen molar-refractivity contribution in [2.75, 3.05) is 12.4 Å². The number of nitrogens with one attached hydrogen (secondary N) is 1. The summed E-state index contributed by atoms with van der Waals surface area (Å²) >= 11 is 1.30. The van der Waals surface area contributed by atoms with Crippen molar-refractivity contribution in [1.82, 2.24) is 9.29 Å². The Hall–Kier alpha value is -2.91. The fourth-order valence-corrected chi connectivity index (χ4v) is 5.51. The number of aliphatic hydroxyl groups excluding tert-OH is 1. The fourth-order valence-electron chi connectivity index (χ4n) is 3.18. The number of nitrogens with zero attached hydrogens (tertiary/aromatic N) is 2. The lowest BCUT2D eigenvalue weighted by Crippen LogP contribution is -2.37. The number of amides is 1. The van der Waals surface area contributed by atoms with Gasteiger partial charge in [-0.2, -0.15) is 0 Å². The lowest BCUT2D eigenvalue weighted by atomic mass is 10.0. The van der Waals surface area contributed by atoms with Crippen LogP contribution < -0.4 is 5.32 Å². The average Bonchev–Trinajstić information content (AvgIpc) is 3.13. The largest absolute Gasteiger partial charge is 0.505 e. The minimum absolute atomic E-state index is 0.00957. The van der Waals surface area contributed by atoms with E-state index >= 15 is 0 Å². The second-order valence-electron chi connectivity index (χ2n) is 6.27. The van der Waals surface area contributed by atoms with E-state index in [0.717, 1.165) is 21.0 Å². The quantitative estimate of drug-likeness (QED) is 0.683. The van der Waals surface area contributed by atoms with Crippen LogP contribution in [0.3, 0.4) is 0 Å². The van der Waals surface area contributed by atoms with Crippen molar-refractivity contribution in [3.63, 3.8) is 0 Å². The van der Waals surface area contributed by atoms with Gasteiger partial charge in [0.1, 0.15) is 4.90 Å². The standard InChI is InChI=1S/C19H17N3O4S2/c1-3-12-10-20-19(27-12)21-18(24)15-16(23)14-9-8-11-6-4-5-7-13(11)17(14)28(25,26)22(15)2/h4-10,23H,3H2,1-2H3,(H,20,21,24). The Morgan fingerprint density at radius 1 is 1.25 bits per heavy atom. The Morgan fingerprint density at radius 2 is 2.00 bits per heavy atom. The van der Waals surface area contributed by atoms with E-state index in [1.54, 1.807) is 36.5 Å². The number of hydrogen-bond acceptors (Lipinski definition) is 6. The van der Waals surface area contributed by atoms with E-state index in [9.17, 15) is 18.3 Å². The highest BCUT2D eigenvalue weighted by Crippen LogP contribution is 2.39. The summed E-state index contributed by atoms with van der Waals surface area (Å²) in [6, 6.07) is 10.2. The number of anilines is 1. The second-order valence-corrected chi connectivity index (χ2v) is 9.29. The van der Waals surface area contributed by atoms with Crippen LogP contribution in [0.5, 0.6) is 0 Å². The Kier molecular flexibility index (Phi) is 4.35. The molecule has 0 saturated heterocycles. The molecule has 2 aromatic carbocycles. The number of hydrogen-bond donors (Lipinski definition) is 2. The summed E-state index contributed by atoms with van der Waals surface area (Å²) in [5, 5.41) is 14.9. The molecule has 144 valence electrons. The molecule has 7 nitrogen and oxygen atoms in total. The zero-order valence-corrected chi connectivity index (χ0v) is 16.8. The molecule has 0 atom stereocenters. The molecule has 0 saturated carbocycles. The van der Waals surface area contributed by atoms with Crippen LogP contribution in [0.1, 0.15) is 17.4 Å². The first-order valence-electron chi connectivity index (χ1n) is 8.55. The van der Waals surface area contributed by atoms with E-state index in [4.69, 9.17) is 0 Å². The Bertz CT molecular complexity index is 1250. The first-order chi connectivity index (χ1) is 13.3. The van der Waals surface area contributed by atoms with Gasteiger partial charge in [0, 0.05) is 29.1 Å². The number of aryl methyl sites for hydroxylation is 1. The molecule has 0 aliphatic carbocycles. The number of aromatic nitrogens is 1. The summed E-state index contributed by atoms with van der Waals surface area (Å²) in [7, 11) is -2.77. The lowest BCUT2D eigenvalue weighted by molar-refractivity contribution is -0.113. The molecule has 1 aliphatic heterocycles. The lowest BCUT2D eigenvalue weighted by Gasteiger charge is -2.29. The topological polar surface area (TPSA) is 99.6 Å². The zero-order chi connectivity index (χ0) is 20.1. The van der Waals surface area contributed by atoms with Crippen molar-refractivity contribution in [1.29, 1.82) is 0 Å². The van der Waals surface area contributed by atoms with Gasteiger partial charge >= 0.3 is 0 Å². The van der Waals surface area contributed by atoms with Gasteiger partial charge in [0.25, 0.3) is 15.9 Å². The van der Waals surface area contributed by atoms with Gasteiger partial charge < -0.3 is 5.11 Å². The van der Waals surface area contributed by atoms with Crippen LogP contribution in [0, 0.1) is 0 Å². The highest BCUT2D eigenvalue weighted by Gasteiger charge is 2.39.